The minimum Gasteiger partial charge on any atom is -0.356 e. The van der Waals surface area contributed by atoms with Crippen LogP contribution in [0.25, 0.3) is 0 Å². The molecule has 3 rings (SSSR count). The molecule has 1 heterocycles. The third-order valence-electron chi connectivity index (χ3n) is 5.75. The minimum atomic E-state index is 0. The first-order valence-electron chi connectivity index (χ1n) is 10.4. The van der Waals surface area contributed by atoms with Crippen LogP contribution in [-0.2, 0) is 20.1 Å². The third kappa shape index (κ3) is 6.69. The topological polar surface area (TPSA) is 67.1 Å². The van der Waals surface area contributed by atoms with E-state index >= 15 is 0 Å². The van der Waals surface area contributed by atoms with E-state index in [4.69, 9.17) is 4.99 Å². The van der Waals surface area contributed by atoms with Gasteiger partial charge in [0.05, 0.1) is 13.1 Å². The van der Waals surface area contributed by atoms with Crippen molar-refractivity contribution in [2.24, 2.45) is 23.4 Å². The number of rotatable bonds is 8. The Hall–Kier alpha value is -1.64. The molecule has 0 bridgehead atoms. The summed E-state index contributed by atoms with van der Waals surface area (Å²) in [5, 5.41) is 15.5. The predicted octanol–water partition coefficient (Wildman–Crippen LogP) is 4.19. The lowest BCUT2D eigenvalue weighted by molar-refractivity contribution is 0.104. The van der Waals surface area contributed by atoms with Crippen LogP contribution in [0.1, 0.15) is 56.7 Å². The first-order valence-corrected chi connectivity index (χ1v) is 10.4. The Morgan fingerprint density at radius 1 is 1.17 bits per heavy atom. The van der Waals surface area contributed by atoms with Crippen molar-refractivity contribution in [3.63, 3.8) is 0 Å². The lowest BCUT2D eigenvalue weighted by atomic mass is 9.64. The summed E-state index contributed by atoms with van der Waals surface area (Å²) in [6, 6.07) is 10.4. The molecule has 29 heavy (non-hydrogen) atoms. The molecule has 0 radical (unpaired) electrons. The van der Waals surface area contributed by atoms with Gasteiger partial charge in [0.25, 0.3) is 0 Å². The van der Waals surface area contributed by atoms with Crippen molar-refractivity contribution in [1.82, 2.24) is 25.4 Å². The highest BCUT2D eigenvalue weighted by Gasteiger charge is 2.37. The van der Waals surface area contributed by atoms with Crippen LogP contribution in [0.5, 0.6) is 0 Å². The molecule has 1 fully saturated rings. The fraction of sp³-hybridized carbons (Fsp3) is 0.591. The van der Waals surface area contributed by atoms with Crippen molar-refractivity contribution < 1.29 is 0 Å². The number of halogens is 1. The van der Waals surface area contributed by atoms with Crippen LogP contribution in [-0.4, -0.2) is 27.3 Å². The summed E-state index contributed by atoms with van der Waals surface area (Å²) >= 11 is 0. The van der Waals surface area contributed by atoms with Crippen LogP contribution in [0.2, 0.25) is 0 Å². The van der Waals surface area contributed by atoms with E-state index in [1.54, 1.807) is 0 Å². The zero-order chi connectivity index (χ0) is 20.0. The van der Waals surface area contributed by atoms with E-state index < -0.39 is 0 Å². The maximum atomic E-state index is 4.82. The largest absolute Gasteiger partial charge is 0.356 e. The van der Waals surface area contributed by atoms with Gasteiger partial charge in [0.2, 0.25) is 0 Å². The lowest BCUT2D eigenvalue weighted by Crippen LogP contribution is -2.47. The second kappa shape index (κ2) is 10.9. The van der Waals surface area contributed by atoms with Gasteiger partial charge in [0, 0.05) is 13.6 Å². The second-order valence-electron chi connectivity index (χ2n) is 8.53. The number of aryl methyl sites for hydroxylation is 1. The molecule has 2 N–H and O–H groups in total. The van der Waals surface area contributed by atoms with Gasteiger partial charge in [-0.25, -0.2) is 4.99 Å². The standard InChI is InChI=1S/C22H34N6.HI/c1-17(2)13-22(11-8-12-22)16-25-21(23-14-19-9-6-5-7-10-19)24-15-20-27-26-18(3)28(20)4;/h5-7,9-10,17H,8,11-16H2,1-4H3,(H2,23,24,25);1H. The summed E-state index contributed by atoms with van der Waals surface area (Å²) in [5.74, 6) is 3.39. The number of nitrogens with zero attached hydrogens (tertiary/aromatic N) is 4. The fourth-order valence-electron chi connectivity index (χ4n) is 3.96. The van der Waals surface area contributed by atoms with E-state index in [0.29, 0.717) is 18.5 Å². The summed E-state index contributed by atoms with van der Waals surface area (Å²) in [6.45, 7) is 8.84. The number of aromatic nitrogens is 3. The number of hydrogen-bond donors (Lipinski definition) is 2. The van der Waals surface area contributed by atoms with Gasteiger partial charge in [0.15, 0.2) is 11.8 Å². The predicted molar refractivity (Wildman–Crippen MR) is 129 cm³/mol. The van der Waals surface area contributed by atoms with E-state index in [1.807, 2.05) is 24.6 Å². The van der Waals surface area contributed by atoms with E-state index in [1.165, 1.54) is 31.2 Å². The molecule has 160 valence electrons. The van der Waals surface area contributed by atoms with Crippen LogP contribution in [0.3, 0.4) is 0 Å². The maximum absolute atomic E-state index is 4.82. The van der Waals surface area contributed by atoms with E-state index in [2.05, 4.69) is 58.9 Å². The Bertz CT molecular complexity index is 780. The maximum Gasteiger partial charge on any atom is 0.191 e. The molecule has 1 aromatic carbocycles. The second-order valence-corrected chi connectivity index (χ2v) is 8.53. The van der Waals surface area contributed by atoms with Crippen molar-refractivity contribution in [2.45, 2.75) is 59.5 Å². The SMILES string of the molecule is Cc1nnc(CNC(=NCc2ccccc2)NCC2(CC(C)C)CCC2)n1C.I. The third-order valence-corrected chi connectivity index (χ3v) is 5.75. The van der Waals surface area contributed by atoms with E-state index in [9.17, 15) is 0 Å². The highest BCUT2D eigenvalue weighted by Crippen LogP contribution is 2.45. The summed E-state index contributed by atoms with van der Waals surface area (Å²) in [6.07, 6.45) is 5.24. The normalized spacial score (nSPS) is 15.6. The van der Waals surface area contributed by atoms with Gasteiger partial charge in [-0.2, -0.15) is 0 Å². The van der Waals surface area contributed by atoms with Crippen LogP contribution in [0, 0.1) is 18.3 Å². The Balaban J connectivity index is 0.00000300. The molecule has 0 amide bonds. The molecular formula is C22H35IN6. The van der Waals surface area contributed by atoms with Crippen molar-refractivity contribution in [1.29, 1.82) is 0 Å². The number of hydrogen-bond acceptors (Lipinski definition) is 3. The zero-order valence-corrected chi connectivity index (χ0v) is 20.4. The van der Waals surface area contributed by atoms with Crippen molar-refractivity contribution in [3.05, 3.63) is 47.5 Å². The average molecular weight is 510 g/mol. The summed E-state index contributed by atoms with van der Waals surface area (Å²) in [5.41, 5.74) is 1.63. The van der Waals surface area contributed by atoms with Crippen molar-refractivity contribution in [3.8, 4) is 0 Å². The zero-order valence-electron chi connectivity index (χ0n) is 18.1. The minimum absolute atomic E-state index is 0. The molecule has 1 saturated carbocycles. The number of benzene rings is 1. The molecule has 0 saturated heterocycles. The Labute approximate surface area is 192 Å². The van der Waals surface area contributed by atoms with E-state index in [-0.39, 0.29) is 24.0 Å². The average Bonchev–Trinajstić information content (AvgIpc) is 2.97. The summed E-state index contributed by atoms with van der Waals surface area (Å²) in [7, 11) is 1.99. The molecule has 1 aliphatic carbocycles. The number of guanidine groups is 1. The van der Waals surface area contributed by atoms with Crippen LogP contribution in [0.15, 0.2) is 35.3 Å². The molecule has 1 aromatic heterocycles. The quantitative estimate of drug-likeness (QED) is 0.318. The molecule has 6 nitrogen and oxygen atoms in total. The Kier molecular flexibility index (Phi) is 8.92. The fourth-order valence-corrected chi connectivity index (χ4v) is 3.96. The summed E-state index contributed by atoms with van der Waals surface area (Å²) < 4.78 is 2.01. The Morgan fingerprint density at radius 3 is 2.45 bits per heavy atom. The molecule has 0 atom stereocenters. The highest BCUT2D eigenvalue weighted by molar-refractivity contribution is 14.0. The van der Waals surface area contributed by atoms with Gasteiger partial charge < -0.3 is 15.2 Å². The van der Waals surface area contributed by atoms with Gasteiger partial charge in [-0.3, -0.25) is 0 Å². The molecular weight excluding hydrogens is 475 g/mol. The number of aliphatic imine (C=N–C) groups is 1. The first-order chi connectivity index (χ1) is 13.5. The van der Waals surface area contributed by atoms with Crippen LogP contribution < -0.4 is 10.6 Å². The molecule has 1 aliphatic rings. The molecule has 7 heteroatoms. The van der Waals surface area contributed by atoms with Gasteiger partial charge in [0.1, 0.15) is 5.82 Å². The lowest BCUT2D eigenvalue weighted by Gasteiger charge is -2.43. The summed E-state index contributed by atoms with van der Waals surface area (Å²) in [4.78, 5) is 4.82. The van der Waals surface area contributed by atoms with Gasteiger partial charge >= 0.3 is 0 Å². The Morgan fingerprint density at radius 2 is 1.90 bits per heavy atom. The van der Waals surface area contributed by atoms with E-state index in [0.717, 1.165) is 30.1 Å². The van der Waals surface area contributed by atoms with Gasteiger partial charge in [-0.05, 0) is 43.1 Å². The van der Waals surface area contributed by atoms with Crippen LogP contribution >= 0.6 is 24.0 Å². The molecule has 0 unspecified atom stereocenters. The van der Waals surface area contributed by atoms with Gasteiger partial charge in [-0.1, -0.05) is 50.6 Å². The monoisotopic (exact) mass is 510 g/mol. The van der Waals surface area contributed by atoms with Gasteiger partial charge in [-0.15, -0.1) is 34.2 Å². The molecule has 2 aromatic rings. The van der Waals surface area contributed by atoms with Crippen LogP contribution in [0.4, 0.5) is 0 Å². The highest BCUT2D eigenvalue weighted by atomic mass is 127. The molecule has 0 aliphatic heterocycles. The molecule has 0 spiro atoms. The van der Waals surface area contributed by atoms with Crippen molar-refractivity contribution >= 4 is 29.9 Å². The van der Waals surface area contributed by atoms with Crippen molar-refractivity contribution in [2.75, 3.05) is 6.54 Å². The number of nitrogens with one attached hydrogen (secondary N) is 2. The first kappa shape index (κ1) is 23.6. The smallest absolute Gasteiger partial charge is 0.191 e.